The van der Waals surface area contributed by atoms with Crippen LogP contribution in [0.3, 0.4) is 0 Å². The lowest BCUT2D eigenvalue weighted by Crippen LogP contribution is -2.43. The van der Waals surface area contributed by atoms with Crippen molar-refractivity contribution in [1.29, 1.82) is 0 Å². The van der Waals surface area contributed by atoms with Crippen molar-refractivity contribution < 1.29 is 4.74 Å². The fraction of sp³-hybridized carbons (Fsp3) is 0.556. The Kier molecular flexibility index (Phi) is 4.87. The molecule has 1 atom stereocenters. The summed E-state index contributed by atoms with van der Waals surface area (Å²) in [4.78, 5) is 2.48. The SMILES string of the molecule is Cn1c(SC[C@@H]2CN(Cc3ccccc3)CCO2)nnc1C1CC1. The van der Waals surface area contributed by atoms with Crippen LogP contribution in [0.4, 0.5) is 0 Å². The number of benzene rings is 1. The number of thioether (sulfide) groups is 1. The lowest BCUT2D eigenvalue weighted by atomic mass is 10.2. The van der Waals surface area contributed by atoms with Crippen LogP contribution in [0.5, 0.6) is 0 Å². The van der Waals surface area contributed by atoms with Gasteiger partial charge >= 0.3 is 0 Å². The monoisotopic (exact) mass is 344 g/mol. The molecular weight excluding hydrogens is 320 g/mol. The predicted molar refractivity (Wildman–Crippen MR) is 95.2 cm³/mol. The summed E-state index contributed by atoms with van der Waals surface area (Å²) >= 11 is 1.77. The highest BCUT2D eigenvalue weighted by atomic mass is 32.2. The van der Waals surface area contributed by atoms with Crippen molar-refractivity contribution >= 4 is 11.8 Å². The van der Waals surface area contributed by atoms with Crippen LogP contribution in [0.2, 0.25) is 0 Å². The number of nitrogens with zero attached hydrogens (tertiary/aromatic N) is 4. The van der Waals surface area contributed by atoms with Gasteiger partial charge in [-0.15, -0.1) is 10.2 Å². The van der Waals surface area contributed by atoms with E-state index in [-0.39, 0.29) is 6.10 Å². The van der Waals surface area contributed by atoms with Crippen molar-refractivity contribution in [2.45, 2.75) is 36.6 Å². The van der Waals surface area contributed by atoms with Gasteiger partial charge in [0.15, 0.2) is 5.16 Å². The van der Waals surface area contributed by atoms with Crippen molar-refractivity contribution in [3.8, 4) is 0 Å². The minimum absolute atomic E-state index is 0.258. The van der Waals surface area contributed by atoms with E-state index < -0.39 is 0 Å². The maximum absolute atomic E-state index is 5.95. The number of ether oxygens (including phenoxy) is 1. The smallest absolute Gasteiger partial charge is 0.191 e. The Balaban J connectivity index is 1.30. The van der Waals surface area contributed by atoms with Gasteiger partial charge in [-0.05, 0) is 18.4 Å². The van der Waals surface area contributed by atoms with E-state index in [9.17, 15) is 0 Å². The van der Waals surface area contributed by atoms with Gasteiger partial charge in [-0.3, -0.25) is 4.90 Å². The third-order valence-corrected chi connectivity index (χ3v) is 5.83. The molecule has 2 fully saturated rings. The average molecular weight is 344 g/mol. The third kappa shape index (κ3) is 3.82. The largest absolute Gasteiger partial charge is 0.375 e. The fourth-order valence-electron chi connectivity index (χ4n) is 3.18. The average Bonchev–Trinajstić information content (AvgIpc) is 3.38. The van der Waals surface area contributed by atoms with Gasteiger partial charge in [0.05, 0.1) is 12.7 Å². The summed E-state index contributed by atoms with van der Waals surface area (Å²) in [6, 6.07) is 10.7. The second-order valence-electron chi connectivity index (χ2n) is 6.70. The van der Waals surface area contributed by atoms with Crippen LogP contribution >= 0.6 is 11.8 Å². The van der Waals surface area contributed by atoms with Gasteiger partial charge in [-0.2, -0.15) is 0 Å². The molecule has 6 heteroatoms. The predicted octanol–water partition coefficient (Wildman–Crippen LogP) is 2.69. The first kappa shape index (κ1) is 16.1. The second-order valence-corrected chi connectivity index (χ2v) is 7.69. The normalized spacial score (nSPS) is 22.0. The first-order valence-corrected chi connectivity index (χ1v) is 9.68. The van der Waals surface area contributed by atoms with Gasteiger partial charge in [0.25, 0.3) is 0 Å². The van der Waals surface area contributed by atoms with E-state index in [0.717, 1.165) is 43.0 Å². The van der Waals surface area contributed by atoms with E-state index in [4.69, 9.17) is 4.74 Å². The zero-order valence-corrected chi connectivity index (χ0v) is 14.9. The lowest BCUT2D eigenvalue weighted by molar-refractivity contribution is -0.0187. The van der Waals surface area contributed by atoms with E-state index in [1.54, 1.807) is 11.8 Å². The van der Waals surface area contributed by atoms with Crippen LogP contribution in [0.1, 0.15) is 30.1 Å². The summed E-state index contributed by atoms with van der Waals surface area (Å²) in [6.07, 6.45) is 2.78. The van der Waals surface area contributed by atoms with Crippen LogP contribution in [-0.2, 0) is 18.3 Å². The fourth-order valence-corrected chi connectivity index (χ4v) is 4.11. The van der Waals surface area contributed by atoms with Gasteiger partial charge in [-0.1, -0.05) is 42.1 Å². The Labute approximate surface area is 147 Å². The summed E-state index contributed by atoms with van der Waals surface area (Å²) in [5, 5.41) is 9.72. The van der Waals surface area contributed by atoms with E-state index >= 15 is 0 Å². The maximum Gasteiger partial charge on any atom is 0.191 e. The Hall–Kier alpha value is -1.37. The maximum atomic E-state index is 5.95. The highest BCUT2D eigenvalue weighted by molar-refractivity contribution is 7.99. The van der Waals surface area contributed by atoms with Crippen molar-refractivity contribution in [1.82, 2.24) is 19.7 Å². The van der Waals surface area contributed by atoms with Crippen molar-refractivity contribution in [2.75, 3.05) is 25.4 Å². The first-order valence-electron chi connectivity index (χ1n) is 8.69. The molecule has 1 aromatic carbocycles. The Morgan fingerprint density at radius 1 is 1.21 bits per heavy atom. The first-order chi connectivity index (χ1) is 11.8. The minimum atomic E-state index is 0.258. The van der Waals surface area contributed by atoms with Crippen LogP contribution in [0, 0.1) is 0 Å². The molecule has 0 unspecified atom stereocenters. The molecule has 0 spiro atoms. The van der Waals surface area contributed by atoms with Crippen LogP contribution in [0.15, 0.2) is 35.5 Å². The number of hydrogen-bond acceptors (Lipinski definition) is 5. The zero-order chi connectivity index (χ0) is 16.4. The molecule has 0 bridgehead atoms. The molecule has 0 radical (unpaired) electrons. The summed E-state index contributed by atoms with van der Waals surface area (Å²) < 4.78 is 8.11. The summed E-state index contributed by atoms with van der Waals surface area (Å²) in [6.45, 7) is 3.80. The number of morpholine rings is 1. The second kappa shape index (κ2) is 7.25. The Morgan fingerprint density at radius 3 is 2.83 bits per heavy atom. The standard InChI is InChI=1S/C18H24N4OS/c1-21-17(15-7-8-15)19-20-18(21)24-13-16-12-22(9-10-23-16)11-14-5-3-2-4-6-14/h2-6,15-16H,7-13H2,1H3/t16-/m0/s1. The molecule has 5 nitrogen and oxygen atoms in total. The van der Waals surface area contributed by atoms with E-state index in [0.29, 0.717) is 5.92 Å². The van der Waals surface area contributed by atoms with Gasteiger partial charge in [0.2, 0.25) is 0 Å². The number of hydrogen-bond donors (Lipinski definition) is 0. The van der Waals surface area contributed by atoms with E-state index in [2.05, 4.69) is 57.0 Å². The molecular formula is C18H24N4OS. The molecule has 128 valence electrons. The molecule has 2 aromatic rings. The molecule has 1 aliphatic heterocycles. The lowest BCUT2D eigenvalue weighted by Gasteiger charge is -2.32. The van der Waals surface area contributed by atoms with E-state index in [1.165, 1.54) is 18.4 Å². The van der Waals surface area contributed by atoms with E-state index in [1.807, 2.05) is 0 Å². The molecule has 0 N–H and O–H groups in total. The van der Waals surface area contributed by atoms with Crippen LogP contribution in [-0.4, -0.2) is 51.2 Å². The molecule has 1 saturated heterocycles. The highest BCUT2D eigenvalue weighted by Gasteiger charge is 2.29. The summed E-state index contributed by atoms with van der Waals surface area (Å²) in [7, 11) is 2.08. The van der Waals surface area contributed by atoms with Crippen molar-refractivity contribution in [2.24, 2.45) is 7.05 Å². The molecule has 2 aliphatic rings. The number of rotatable bonds is 6. The minimum Gasteiger partial charge on any atom is -0.375 e. The molecule has 2 heterocycles. The summed E-state index contributed by atoms with van der Waals surface area (Å²) in [5.74, 6) is 2.72. The Morgan fingerprint density at radius 2 is 2.04 bits per heavy atom. The molecule has 1 aromatic heterocycles. The Bertz CT molecular complexity index is 671. The van der Waals surface area contributed by atoms with Crippen molar-refractivity contribution in [3.05, 3.63) is 41.7 Å². The molecule has 1 aliphatic carbocycles. The highest BCUT2D eigenvalue weighted by Crippen LogP contribution is 2.39. The van der Waals surface area contributed by atoms with Gasteiger partial charge in [-0.25, -0.2) is 0 Å². The molecule has 0 amide bonds. The van der Waals surface area contributed by atoms with Gasteiger partial charge in [0, 0.05) is 38.4 Å². The quantitative estimate of drug-likeness (QED) is 0.754. The number of aromatic nitrogens is 3. The van der Waals surface area contributed by atoms with Gasteiger partial charge in [0.1, 0.15) is 5.82 Å². The third-order valence-electron chi connectivity index (χ3n) is 4.68. The van der Waals surface area contributed by atoms with Gasteiger partial charge < -0.3 is 9.30 Å². The molecule has 24 heavy (non-hydrogen) atoms. The van der Waals surface area contributed by atoms with Crippen LogP contribution < -0.4 is 0 Å². The van der Waals surface area contributed by atoms with Crippen molar-refractivity contribution in [3.63, 3.8) is 0 Å². The zero-order valence-electron chi connectivity index (χ0n) is 14.1. The summed E-state index contributed by atoms with van der Waals surface area (Å²) in [5.41, 5.74) is 1.37. The molecule has 4 rings (SSSR count). The van der Waals surface area contributed by atoms with Crippen LogP contribution in [0.25, 0.3) is 0 Å². The topological polar surface area (TPSA) is 43.2 Å². The molecule has 1 saturated carbocycles.